The van der Waals surface area contributed by atoms with Gasteiger partial charge in [-0.1, -0.05) is 36.4 Å². The normalized spacial score (nSPS) is 11.2. The quantitative estimate of drug-likeness (QED) is 0.174. The summed E-state index contributed by atoms with van der Waals surface area (Å²) in [6.45, 7) is 0. The van der Waals surface area contributed by atoms with E-state index in [1.54, 1.807) is 71.8 Å². The Hall–Kier alpha value is -5.89. The zero-order chi connectivity index (χ0) is 31.8. The van der Waals surface area contributed by atoms with Crippen molar-refractivity contribution >= 4 is 28.2 Å². The Kier molecular flexibility index (Phi) is 7.46. The summed E-state index contributed by atoms with van der Waals surface area (Å²) in [7, 11) is 0. The first-order valence-corrected chi connectivity index (χ1v) is 14.3. The molecule has 0 aliphatic rings. The smallest absolute Gasteiger partial charge is 0.156 e. The molecule has 0 bridgehead atoms. The third-order valence-corrected chi connectivity index (χ3v) is 7.58. The lowest BCUT2D eigenvalue weighted by Crippen LogP contribution is -2.12. The second-order valence-electron chi connectivity index (χ2n) is 10.7. The van der Waals surface area contributed by atoms with Crippen molar-refractivity contribution in [2.24, 2.45) is 0 Å². The van der Waals surface area contributed by atoms with Crippen molar-refractivity contribution in [3.05, 3.63) is 163 Å². The lowest BCUT2D eigenvalue weighted by Gasteiger charge is -2.25. The van der Waals surface area contributed by atoms with E-state index in [9.17, 15) is 22.0 Å². The van der Waals surface area contributed by atoms with E-state index in [2.05, 4.69) is 0 Å². The van der Waals surface area contributed by atoms with Crippen LogP contribution in [0.3, 0.4) is 0 Å². The summed E-state index contributed by atoms with van der Waals surface area (Å²) in [5.41, 5.74) is 5.94. The van der Waals surface area contributed by atoms with Crippen LogP contribution < -0.4 is 4.90 Å². The largest absolute Gasteiger partial charge is 0.294 e. The van der Waals surface area contributed by atoms with Crippen molar-refractivity contribution in [3.8, 4) is 33.4 Å². The van der Waals surface area contributed by atoms with Crippen molar-refractivity contribution in [1.82, 2.24) is 9.97 Å². The first kappa shape index (κ1) is 28.9. The van der Waals surface area contributed by atoms with Crippen LogP contribution in [0.15, 0.2) is 134 Å². The van der Waals surface area contributed by atoms with Gasteiger partial charge in [0.1, 0.15) is 29.1 Å². The van der Waals surface area contributed by atoms with E-state index in [1.165, 1.54) is 48.5 Å². The second-order valence-corrected chi connectivity index (χ2v) is 10.7. The van der Waals surface area contributed by atoms with Gasteiger partial charge in [0.15, 0.2) is 5.82 Å². The average Bonchev–Trinajstić information content (AvgIpc) is 3.06. The number of hydrogen-bond donors (Lipinski definition) is 0. The number of aromatic nitrogens is 2. The van der Waals surface area contributed by atoms with Gasteiger partial charge in [0.05, 0.1) is 17.2 Å². The van der Waals surface area contributed by atoms with Gasteiger partial charge in [0, 0.05) is 23.0 Å². The molecule has 7 rings (SSSR count). The maximum atomic E-state index is 14.1. The Morgan fingerprint density at radius 3 is 1.67 bits per heavy atom. The Morgan fingerprint density at radius 1 is 0.435 bits per heavy atom. The molecule has 7 aromatic rings. The number of anilines is 3. The minimum Gasteiger partial charge on any atom is -0.294 e. The summed E-state index contributed by atoms with van der Waals surface area (Å²) in [5.74, 6) is -2.21. The highest BCUT2D eigenvalue weighted by molar-refractivity contribution is 5.97. The zero-order valence-corrected chi connectivity index (χ0v) is 23.9. The third-order valence-electron chi connectivity index (χ3n) is 7.58. The van der Waals surface area contributed by atoms with Gasteiger partial charge in [-0.2, -0.15) is 0 Å². The predicted octanol–water partition coefficient (Wildman–Crippen LogP) is 10.8. The van der Waals surface area contributed by atoms with E-state index >= 15 is 0 Å². The second kappa shape index (κ2) is 11.9. The molecule has 0 saturated carbocycles. The maximum Gasteiger partial charge on any atom is 0.156 e. The van der Waals surface area contributed by atoms with Gasteiger partial charge in [-0.15, -0.1) is 0 Å². The van der Waals surface area contributed by atoms with Gasteiger partial charge in [-0.25, -0.2) is 26.9 Å². The minimum absolute atomic E-state index is 0.343. The predicted molar refractivity (Wildman–Crippen MR) is 170 cm³/mol. The molecule has 0 N–H and O–H groups in total. The molecule has 8 heteroatoms. The molecule has 0 atom stereocenters. The maximum absolute atomic E-state index is 14.1. The molecule has 0 unspecified atom stereocenters. The van der Waals surface area contributed by atoms with E-state index < -0.39 is 23.3 Å². The van der Waals surface area contributed by atoms with Crippen LogP contribution in [0.4, 0.5) is 39.1 Å². The van der Waals surface area contributed by atoms with Crippen LogP contribution in [0, 0.1) is 29.1 Å². The number of nitrogens with zero attached hydrogens (tertiary/aromatic N) is 3. The monoisotopic (exact) mass is 615 g/mol. The minimum atomic E-state index is -0.704. The van der Waals surface area contributed by atoms with Crippen molar-refractivity contribution in [2.75, 3.05) is 4.90 Å². The molecule has 0 saturated heterocycles. The zero-order valence-electron chi connectivity index (χ0n) is 23.9. The van der Waals surface area contributed by atoms with Crippen LogP contribution >= 0.6 is 0 Å². The fraction of sp³-hybridized carbons (Fsp3) is 0. The molecule has 1 heterocycles. The van der Waals surface area contributed by atoms with Gasteiger partial charge in [0.25, 0.3) is 0 Å². The third kappa shape index (κ3) is 5.80. The fourth-order valence-corrected chi connectivity index (χ4v) is 5.42. The van der Waals surface area contributed by atoms with Crippen molar-refractivity contribution < 1.29 is 22.0 Å². The summed E-state index contributed by atoms with van der Waals surface area (Å²) < 4.78 is 69.9. The van der Waals surface area contributed by atoms with Gasteiger partial charge >= 0.3 is 0 Å². The topological polar surface area (TPSA) is 29.0 Å². The van der Waals surface area contributed by atoms with Crippen LogP contribution in [-0.4, -0.2) is 9.97 Å². The van der Waals surface area contributed by atoms with E-state index in [-0.39, 0.29) is 5.82 Å². The molecule has 0 spiro atoms. The molecule has 3 nitrogen and oxygen atoms in total. The summed E-state index contributed by atoms with van der Waals surface area (Å²) in [5, 5.41) is 0. The molecule has 0 amide bonds. The van der Waals surface area contributed by atoms with Crippen LogP contribution in [0.5, 0.6) is 0 Å². The number of hydrogen-bond acceptors (Lipinski definition) is 3. The van der Waals surface area contributed by atoms with Gasteiger partial charge in [-0.3, -0.25) is 9.88 Å². The Labute approximate surface area is 260 Å². The SMILES string of the molecule is Fc1ccc(-c2cc(-c3ccc(F)cc3)c3nc(N(c4ccc(F)cc4)c4cccc(-c5cc(F)cc(F)c5)c4)cnc3c2)cc1. The number of rotatable bonds is 6. The molecule has 46 heavy (non-hydrogen) atoms. The fourth-order valence-electron chi connectivity index (χ4n) is 5.42. The van der Waals surface area contributed by atoms with Crippen molar-refractivity contribution in [2.45, 2.75) is 0 Å². The molecule has 0 aliphatic heterocycles. The van der Waals surface area contributed by atoms with E-state index in [0.29, 0.717) is 50.5 Å². The first-order chi connectivity index (χ1) is 22.3. The average molecular weight is 616 g/mol. The molecular weight excluding hydrogens is 593 g/mol. The van der Waals surface area contributed by atoms with Crippen LogP contribution in [-0.2, 0) is 0 Å². The Morgan fingerprint density at radius 2 is 1.02 bits per heavy atom. The summed E-state index contributed by atoms with van der Waals surface area (Å²) >= 11 is 0. The van der Waals surface area contributed by atoms with Crippen molar-refractivity contribution in [3.63, 3.8) is 0 Å². The van der Waals surface area contributed by atoms with Gasteiger partial charge in [0.2, 0.25) is 0 Å². The number of benzene rings is 6. The van der Waals surface area contributed by atoms with Crippen LogP contribution in [0.1, 0.15) is 0 Å². The first-order valence-electron chi connectivity index (χ1n) is 14.3. The summed E-state index contributed by atoms with van der Waals surface area (Å²) in [6.07, 6.45) is 1.57. The molecule has 0 aliphatic carbocycles. The van der Waals surface area contributed by atoms with Crippen LogP contribution in [0.2, 0.25) is 0 Å². The molecule has 224 valence electrons. The highest BCUT2D eigenvalue weighted by atomic mass is 19.1. The van der Waals surface area contributed by atoms with Crippen molar-refractivity contribution in [1.29, 1.82) is 0 Å². The van der Waals surface area contributed by atoms with Gasteiger partial charge < -0.3 is 0 Å². The molecule has 0 fully saturated rings. The lowest BCUT2D eigenvalue weighted by atomic mass is 9.97. The van der Waals surface area contributed by atoms with E-state index in [4.69, 9.17) is 9.97 Å². The number of fused-ring (bicyclic) bond motifs is 1. The number of halogens is 5. The summed E-state index contributed by atoms with van der Waals surface area (Å²) in [6, 6.07) is 32.0. The van der Waals surface area contributed by atoms with E-state index in [0.717, 1.165) is 17.2 Å². The molecule has 0 radical (unpaired) electrons. The van der Waals surface area contributed by atoms with Gasteiger partial charge in [-0.05, 0) is 113 Å². The molecule has 1 aromatic heterocycles. The van der Waals surface area contributed by atoms with E-state index in [1.807, 2.05) is 12.1 Å². The van der Waals surface area contributed by atoms with Crippen LogP contribution in [0.25, 0.3) is 44.4 Å². The highest BCUT2D eigenvalue weighted by Gasteiger charge is 2.19. The Bertz CT molecular complexity index is 2180. The summed E-state index contributed by atoms with van der Waals surface area (Å²) in [4.78, 5) is 11.5. The standard InChI is InChI=1S/C38H22F5N3/c39-28-8-4-23(5-9-28)27-19-35(24-6-10-29(40)11-7-24)38-36(20-27)44-22-37(45-38)46(33-14-12-30(41)13-15-33)34-3-1-2-25(18-34)26-16-31(42)21-32(43)17-26/h1-22H. The highest BCUT2D eigenvalue weighted by Crippen LogP contribution is 2.39. The molecule has 6 aromatic carbocycles. The Balaban J connectivity index is 1.43. The molecular formula is C38H22F5N3. The lowest BCUT2D eigenvalue weighted by molar-refractivity contribution is 0.584.